The smallest absolute Gasteiger partial charge is 0.274 e. The van der Waals surface area contributed by atoms with Gasteiger partial charge in [-0.1, -0.05) is 12.1 Å². The Morgan fingerprint density at radius 1 is 0.786 bits per heavy atom. The minimum Gasteiger partial charge on any atom is -0.497 e. The van der Waals surface area contributed by atoms with E-state index in [1.165, 1.54) is 0 Å². The molecule has 8 heteroatoms. The van der Waals surface area contributed by atoms with Gasteiger partial charge in [-0.2, -0.15) is 9.50 Å². The molecule has 4 aromatic rings. The Kier molecular flexibility index (Phi) is 4.76. The van der Waals surface area contributed by atoms with Gasteiger partial charge in [0.1, 0.15) is 17.2 Å². The Hall–Kier alpha value is -3.68. The topological polar surface area (TPSA) is 83.7 Å². The zero-order valence-electron chi connectivity index (χ0n) is 15.8. The molecule has 4 rings (SSSR count). The molecule has 8 nitrogen and oxygen atoms in total. The van der Waals surface area contributed by atoms with E-state index < -0.39 is 0 Å². The highest BCUT2D eigenvalue weighted by molar-refractivity contribution is 5.68. The lowest BCUT2D eigenvalue weighted by atomic mass is 10.1. The highest BCUT2D eigenvalue weighted by Gasteiger charge is 2.18. The summed E-state index contributed by atoms with van der Waals surface area (Å²) in [6, 6.07) is 15.4. The first-order valence-corrected chi connectivity index (χ1v) is 8.65. The second kappa shape index (κ2) is 7.51. The Balaban J connectivity index is 1.74. The molecule has 142 valence electrons. The van der Waals surface area contributed by atoms with Crippen molar-refractivity contribution in [3.05, 3.63) is 59.9 Å². The van der Waals surface area contributed by atoms with Crippen LogP contribution in [-0.4, -0.2) is 46.1 Å². The molecular weight excluding hydrogens is 358 g/mol. The molecule has 0 aliphatic rings. The van der Waals surface area contributed by atoms with E-state index in [9.17, 15) is 0 Å². The number of ether oxygens (including phenoxy) is 3. The summed E-state index contributed by atoms with van der Waals surface area (Å²) >= 11 is 0. The van der Waals surface area contributed by atoms with E-state index in [-0.39, 0.29) is 0 Å². The monoisotopic (exact) mass is 377 g/mol. The lowest BCUT2D eigenvalue weighted by Crippen LogP contribution is -2.06. The molecule has 2 aromatic carbocycles. The summed E-state index contributed by atoms with van der Waals surface area (Å²) < 4.78 is 17.5. The van der Waals surface area contributed by atoms with Crippen LogP contribution in [0.5, 0.6) is 17.4 Å². The van der Waals surface area contributed by atoms with E-state index in [0.29, 0.717) is 29.6 Å². The van der Waals surface area contributed by atoms with Crippen molar-refractivity contribution in [1.82, 2.24) is 24.8 Å². The molecule has 0 aliphatic heterocycles. The van der Waals surface area contributed by atoms with Crippen LogP contribution in [0.1, 0.15) is 11.4 Å². The van der Waals surface area contributed by atoms with Crippen molar-refractivity contribution in [1.29, 1.82) is 0 Å². The van der Waals surface area contributed by atoms with Crippen molar-refractivity contribution < 1.29 is 14.2 Å². The normalized spacial score (nSPS) is 10.8. The standard InChI is InChI=1S/C20H19N5O3/c1-26-15-8-4-13(5-9-15)12-17-22-23-20-21-19(28-3)18(25(20)24-17)14-6-10-16(27-2)11-7-14/h4-11H,12H2,1-3H3. The molecule has 0 radical (unpaired) electrons. The molecule has 0 N–H and O–H groups in total. The molecular formula is C20H19N5O3. The van der Waals surface area contributed by atoms with Crippen LogP contribution in [0.3, 0.4) is 0 Å². The quantitative estimate of drug-likeness (QED) is 0.511. The molecule has 2 aromatic heterocycles. The van der Waals surface area contributed by atoms with E-state index in [0.717, 1.165) is 22.6 Å². The Labute approximate surface area is 161 Å². The van der Waals surface area contributed by atoms with Crippen molar-refractivity contribution in [2.24, 2.45) is 0 Å². The van der Waals surface area contributed by atoms with Gasteiger partial charge in [-0.3, -0.25) is 0 Å². The molecule has 2 heterocycles. The second-order valence-corrected chi connectivity index (χ2v) is 6.05. The zero-order chi connectivity index (χ0) is 19.5. The van der Waals surface area contributed by atoms with Crippen LogP contribution in [0.2, 0.25) is 0 Å². The fourth-order valence-corrected chi connectivity index (χ4v) is 2.91. The van der Waals surface area contributed by atoms with Gasteiger partial charge in [0.25, 0.3) is 5.78 Å². The van der Waals surface area contributed by atoms with Gasteiger partial charge in [0, 0.05) is 12.0 Å². The molecule has 0 amide bonds. The van der Waals surface area contributed by atoms with Crippen molar-refractivity contribution in [3.8, 4) is 28.6 Å². The fraction of sp³-hybridized carbons (Fsp3) is 0.200. The number of aromatic nitrogens is 5. The van der Waals surface area contributed by atoms with Gasteiger partial charge in [-0.05, 0) is 42.0 Å². The minimum atomic E-state index is 0.376. The average molecular weight is 377 g/mol. The van der Waals surface area contributed by atoms with Crippen LogP contribution in [0.15, 0.2) is 48.5 Å². The van der Waals surface area contributed by atoms with E-state index in [1.807, 2.05) is 48.5 Å². The van der Waals surface area contributed by atoms with Crippen molar-refractivity contribution in [2.75, 3.05) is 21.3 Å². The van der Waals surface area contributed by atoms with Gasteiger partial charge in [-0.15, -0.1) is 15.3 Å². The van der Waals surface area contributed by atoms with Crippen LogP contribution >= 0.6 is 0 Å². The summed E-state index contributed by atoms with van der Waals surface area (Å²) in [7, 11) is 4.84. The van der Waals surface area contributed by atoms with E-state index in [1.54, 1.807) is 25.8 Å². The first-order valence-electron chi connectivity index (χ1n) is 8.65. The second-order valence-electron chi connectivity index (χ2n) is 6.05. The molecule has 0 bridgehead atoms. The molecule has 0 saturated carbocycles. The van der Waals surface area contributed by atoms with E-state index >= 15 is 0 Å². The van der Waals surface area contributed by atoms with Gasteiger partial charge in [0.15, 0.2) is 5.82 Å². The Bertz CT molecular complexity index is 1090. The molecule has 0 saturated heterocycles. The van der Waals surface area contributed by atoms with Gasteiger partial charge in [-0.25, -0.2) is 0 Å². The van der Waals surface area contributed by atoms with Gasteiger partial charge >= 0.3 is 0 Å². The summed E-state index contributed by atoms with van der Waals surface area (Å²) in [6.45, 7) is 0. The summed E-state index contributed by atoms with van der Waals surface area (Å²) in [6.07, 6.45) is 0.537. The maximum atomic E-state index is 5.44. The average Bonchev–Trinajstić information content (AvgIpc) is 3.12. The SMILES string of the molecule is COc1ccc(Cc2nnc3nc(OC)c(-c4ccc(OC)cc4)n3n2)cc1. The zero-order valence-corrected chi connectivity index (χ0v) is 15.8. The number of imidazole rings is 1. The molecule has 0 atom stereocenters. The van der Waals surface area contributed by atoms with Crippen LogP contribution in [0, 0.1) is 0 Å². The van der Waals surface area contributed by atoms with Gasteiger partial charge in [0.2, 0.25) is 5.88 Å². The largest absolute Gasteiger partial charge is 0.497 e. The summed E-state index contributed by atoms with van der Waals surface area (Å²) in [5.41, 5.74) is 2.66. The summed E-state index contributed by atoms with van der Waals surface area (Å²) in [5.74, 6) is 2.96. The van der Waals surface area contributed by atoms with Crippen LogP contribution < -0.4 is 14.2 Å². The predicted molar refractivity (Wildman–Crippen MR) is 103 cm³/mol. The number of hydrogen-bond donors (Lipinski definition) is 0. The maximum absolute atomic E-state index is 5.44. The summed E-state index contributed by atoms with van der Waals surface area (Å²) in [4.78, 5) is 4.38. The first kappa shape index (κ1) is 17.7. The van der Waals surface area contributed by atoms with E-state index in [4.69, 9.17) is 14.2 Å². The molecule has 28 heavy (non-hydrogen) atoms. The minimum absolute atomic E-state index is 0.376. The van der Waals surface area contributed by atoms with Gasteiger partial charge in [0.05, 0.1) is 21.3 Å². The first-order chi connectivity index (χ1) is 13.7. The van der Waals surface area contributed by atoms with Crippen LogP contribution in [0.4, 0.5) is 0 Å². The number of fused-ring (bicyclic) bond motifs is 1. The highest BCUT2D eigenvalue weighted by Crippen LogP contribution is 2.30. The number of hydrogen-bond acceptors (Lipinski definition) is 7. The van der Waals surface area contributed by atoms with Gasteiger partial charge < -0.3 is 14.2 Å². The lowest BCUT2D eigenvalue weighted by molar-refractivity contribution is 0.402. The van der Waals surface area contributed by atoms with Crippen molar-refractivity contribution in [2.45, 2.75) is 6.42 Å². The summed E-state index contributed by atoms with van der Waals surface area (Å²) in [5, 5.41) is 13.1. The third kappa shape index (κ3) is 3.32. The molecule has 0 spiro atoms. The highest BCUT2D eigenvalue weighted by atomic mass is 16.5. The van der Waals surface area contributed by atoms with E-state index in [2.05, 4.69) is 20.3 Å². The number of rotatable bonds is 6. The van der Waals surface area contributed by atoms with Crippen LogP contribution in [0.25, 0.3) is 17.0 Å². The number of methoxy groups -OCH3 is 3. The number of benzene rings is 2. The predicted octanol–water partition coefficient (Wildman–Crippen LogP) is 2.80. The third-order valence-corrected chi connectivity index (χ3v) is 4.35. The fourth-order valence-electron chi connectivity index (χ4n) is 2.91. The Morgan fingerprint density at radius 3 is 2.04 bits per heavy atom. The molecule has 0 unspecified atom stereocenters. The Morgan fingerprint density at radius 2 is 1.43 bits per heavy atom. The lowest BCUT2D eigenvalue weighted by Gasteiger charge is -2.06. The molecule has 0 fully saturated rings. The van der Waals surface area contributed by atoms with Crippen molar-refractivity contribution >= 4 is 5.78 Å². The van der Waals surface area contributed by atoms with Crippen molar-refractivity contribution in [3.63, 3.8) is 0 Å². The third-order valence-electron chi connectivity index (χ3n) is 4.35. The maximum Gasteiger partial charge on any atom is 0.274 e. The molecule has 0 aliphatic carbocycles. The number of nitrogens with zero attached hydrogens (tertiary/aromatic N) is 5. The van der Waals surface area contributed by atoms with Crippen LogP contribution in [-0.2, 0) is 6.42 Å².